The number of halogens is 1. The molecule has 22 heavy (non-hydrogen) atoms. The van der Waals surface area contributed by atoms with Crippen molar-refractivity contribution in [2.75, 3.05) is 5.32 Å². The normalized spacial score (nSPS) is 11.5. The maximum Gasteiger partial charge on any atom is 0.339 e. The predicted octanol–water partition coefficient (Wildman–Crippen LogP) is 2.79. The lowest BCUT2D eigenvalue weighted by Crippen LogP contribution is -2.32. The number of carbonyl (C=O) groups excluding carboxylic acids is 2. The largest absolute Gasteiger partial charge is 0.449 e. The van der Waals surface area contributed by atoms with E-state index in [0.29, 0.717) is 17.7 Å². The van der Waals surface area contributed by atoms with Crippen LogP contribution in [0.3, 0.4) is 0 Å². The molecule has 2 rings (SSSR count). The summed E-state index contributed by atoms with van der Waals surface area (Å²) in [5.41, 5.74) is 0.757. The number of hydrogen-bond donors (Lipinski definition) is 1. The second kappa shape index (κ2) is 7.31. The summed E-state index contributed by atoms with van der Waals surface area (Å²) in [6.07, 6.45) is 2.33. The number of nitrogens with one attached hydrogen (secondary N) is 1. The molecule has 1 N–H and O–H groups in total. The van der Waals surface area contributed by atoms with Gasteiger partial charge < -0.3 is 10.1 Å². The summed E-state index contributed by atoms with van der Waals surface area (Å²) in [6, 6.07) is 8.36. The number of benzene rings is 1. The van der Waals surface area contributed by atoms with Crippen molar-refractivity contribution in [2.24, 2.45) is 0 Å². The molecule has 0 saturated carbocycles. The van der Waals surface area contributed by atoms with E-state index in [1.54, 1.807) is 6.92 Å². The van der Waals surface area contributed by atoms with Gasteiger partial charge in [-0.1, -0.05) is 6.92 Å². The fourth-order valence-electron chi connectivity index (χ4n) is 1.76. The van der Waals surface area contributed by atoms with Crippen molar-refractivity contribution in [1.29, 1.82) is 0 Å². The van der Waals surface area contributed by atoms with Crippen molar-refractivity contribution < 1.29 is 18.7 Å². The van der Waals surface area contributed by atoms with Gasteiger partial charge in [0.1, 0.15) is 5.82 Å². The molecule has 1 heterocycles. The van der Waals surface area contributed by atoms with Crippen LogP contribution in [-0.4, -0.2) is 23.0 Å². The number of amides is 1. The lowest BCUT2D eigenvalue weighted by Gasteiger charge is -2.16. The van der Waals surface area contributed by atoms with E-state index in [1.807, 2.05) is 0 Å². The maximum atomic E-state index is 12.8. The number of anilines is 1. The van der Waals surface area contributed by atoms with Gasteiger partial charge in [-0.15, -0.1) is 0 Å². The van der Waals surface area contributed by atoms with Crippen molar-refractivity contribution in [3.8, 4) is 0 Å². The Kier molecular flexibility index (Phi) is 5.19. The van der Waals surface area contributed by atoms with Crippen LogP contribution < -0.4 is 5.32 Å². The zero-order valence-electron chi connectivity index (χ0n) is 12.0. The maximum absolute atomic E-state index is 12.8. The Morgan fingerprint density at radius 3 is 2.41 bits per heavy atom. The first-order valence-corrected chi connectivity index (χ1v) is 6.77. The number of esters is 1. The lowest BCUT2D eigenvalue weighted by atomic mass is 10.2. The molecule has 6 heteroatoms. The molecule has 114 valence electrons. The Hall–Kier alpha value is -2.76. The number of aromatic nitrogens is 1. The molecule has 1 atom stereocenters. The Labute approximate surface area is 127 Å². The first kappa shape index (κ1) is 15.6. The minimum absolute atomic E-state index is 0.322. The molecule has 1 aromatic heterocycles. The molecule has 2 aromatic rings. The highest BCUT2D eigenvalue weighted by Crippen LogP contribution is 2.11. The van der Waals surface area contributed by atoms with Gasteiger partial charge in [-0.3, -0.25) is 9.78 Å². The molecule has 0 aliphatic rings. The topological polar surface area (TPSA) is 68.3 Å². The van der Waals surface area contributed by atoms with Crippen molar-refractivity contribution in [3.05, 3.63) is 60.2 Å². The zero-order chi connectivity index (χ0) is 15.9. The van der Waals surface area contributed by atoms with E-state index >= 15 is 0 Å². The highest BCUT2D eigenvalue weighted by atomic mass is 19.1. The molecule has 0 aliphatic carbocycles. The molecule has 0 radical (unpaired) electrons. The third-order valence-corrected chi connectivity index (χ3v) is 2.94. The Morgan fingerprint density at radius 1 is 1.18 bits per heavy atom. The molecule has 0 saturated heterocycles. The Balaban J connectivity index is 2.00. The quantitative estimate of drug-likeness (QED) is 0.862. The summed E-state index contributed by atoms with van der Waals surface area (Å²) >= 11 is 0. The van der Waals surface area contributed by atoms with Crippen LogP contribution in [0.4, 0.5) is 10.1 Å². The van der Waals surface area contributed by atoms with E-state index in [4.69, 9.17) is 4.74 Å². The second-order valence-electron chi connectivity index (χ2n) is 4.53. The average Bonchev–Trinajstić information content (AvgIpc) is 2.55. The number of hydrogen-bond acceptors (Lipinski definition) is 4. The fraction of sp³-hybridized carbons (Fsp3) is 0.188. The van der Waals surface area contributed by atoms with Crippen molar-refractivity contribution in [2.45, 2.75) is 19.4 Å². The van der Waals surface area contributed by atoms with Crippen LogP contribution in [-0.2, 0) is 9.53 Å². The van der Waals surface area contributed by atoms with Crippen LogP contribution in [0.15, 0.2) is 48.8 Å². The SMILES string of the molecule is CCC(OC(=O)c1ccncc1)C(=O)Nc1ccc(F)cc1. The zero-order valence-corrected chi connectivity index (χ0v) is 12.0. The van der Waals surface area contributed by atoms with Crippen LogP contribution in [0.2, 0.25) is 0 Å². The van der Waals surface area contributed by atoms with Crippen LogP contribution in [0.5, 0.6) is 0 Å². The number of nitrogens with zero attached hydrogens (tertiary/aromatic N) is 1. The van der Waals surface area contributed by atoms with Crippen molar-refractivity contribution >= 4 is 17.6 Å². The van der Waals surface area contributed by atoms with E-state index in [1.165, 1.54) is 48.8 Å². The van der Waals surface area contributed by atoms with Crippen LogP contribution >= 0.6 is 0 Å². The highest BCUT2D eigenvalue weighted by Gasteiger charge is 2.22. The molecule has 0 bridgehead atoms. The molecular formula is C16H15FN2O3. The molecule has 0 aliphatic heterocycles. The molecule has 5 nitrogen and oxygen atoms in total. The third-order valence-electron chi connectivity index (χ3n) is 2.94. The predicted molar refractivity (Wildman–Crippen MR) is 78.8 cm³/mol. The highest BCUT2D eigenvalue weighted by molar-refractivity contribution is 5.97. The van der Waals surface area contributed by atoms with Gasteiger partial charge in [-0.05, 0) is 42.8 Å². The van der Waals surface area contributed by atoms with Gasteiger partial charge in [0.2, 0.25) is 0 Å². The van der Waals surface area contributed by atoms with Crippen molar-refractivity contribution in [3.63, 3.8) is 0 Å². The Bertz CT molecular complexity index is 644. The van der Waals surface area contributed by atoms with Crippen LogP contribution in [0, 0.1) is 5.82 Å². The molecule has 0 spiro atoms. The van der Waals surface area contributed by atoms with Gasteiger partial charge in [0, 0.05) is 18.1 Å². The third kappa shape index (κ3) is 4.12. The number of ether oxygens (including phenoxy) is 1. The van der Waals surface area contributed by atoms with Crippen molar-refractivity contribution in [1.82, 2.24) is 4.98 Å². The second-order valence-corrected chi connectivity index (χ2v) is 4.53. The molecule has 1 aromatic carbocycles. The standard InChI is InChI=1S/C16H15FN2O3/c1-2-14(22-16(21)11-7-9-18-10-8-11)15(20)19-13-5-3-12(17)4-6-13/h3-10,14H,2H2,1H3,(H,19,20). The van der Waals surface area contributed by atoms with Gasteiger partial charge in [0.05, 0.1) is 5.56 Å². The summed E-state index contributed by atoms with van der Waals surface area (Å²) in [5.74, 6) is -1.45. The summed E-state index contributed by atoms with van der Waals surface area (Å²) < 4.78 is 18.0. The van der Waals surface area contributed by atoms with Gasteiger partial charge in [0.15, 0.2) is 6.10 Å². The molecule has 0 fully saturated rings. The minimum atomic E-state index is -0.925. The summed E-state index contributed by atoms with van der Waals surface area (Å²) in [4.78, 5) is 27.8. The van der Waals surface area contributed by atoms with E-state index in [9.17, 15) is 14.0 Å². The average molecular weight is 302 g/mol. The van der Waals surface area contributed by atoms with E-state index in [-0.39, 0.29) is 0 Å². The monoisotopic (exact) mass is 302 g/mol. The minimum Gasteiger partial charge on any atom is -0.449 e. The van der Waals surface area contributed by atoms with Gasteiger partial charge in [0.25, 0.3) is 5.91 Å². The summed E-state index contributed by atoms with van der Waals surface area (Å²) in [7, 11) is 0. The Morgan fingerprint density at radius 2 is 1.82 bits per heavy atom. The summed E-state index contributed by atoms with van der Waals surface area (Å²) in [5, 5.41) is 2.58. The first-order valence-electron chi connectivity index (χ1n) is 6.77. The summed E-state index contributed by atoms with van der Waals surface area (Å²) in [6.45, 7) is 1.73. The van der Waals surface area contributed by atoms with Crippen LogP contribution in [0.1, 0.15) is 23.7 Å². The smallest absolute Gasteiger partial charge is 0.339 e. The first-order chi connectivity index (χ1) is 10.6. The lowest BCUT2D eigenvalue weighted by molar-refractivity contribution is -0.124. The van der Waals surface area contributed by atoms with E-state index in [0.717, 1.165) is 0 Å². The van der Waals surface area contributed by atoms with Gasteiger partial charge in [-0.25, -0.2) is 9.18 Å². The number of rotatable bonds is 5. The van der Waals surface area contributed by atoms with E-state index < -0.39 is 23.8 Å². The molecular weight excluding hydrogens is 287 g/mol. The fourth-order valence-corrected chi connectivity index (χ4v) is 1.76. The van der Waals surface area contributed by atoms with Gasteiger partial charge in [-0.2, -0.15) is 0 Å². The van der Waals surface area contributed by atoms with Crippen LogP contribution in [0.25, 0.3) is 0 Å². The van der Waals surface area contributed by atoms with Gasteiger partial charge >= 0.3 is 5.97 Å². The molecule has 1 unspecified atom stereocenters. The number of carbonyl (C=O) groups is 2. The molecule has 1 amide bonds. The van der Waals surface area contributed by atoms with E-state index in [2.05, 4.69) is 10.3 Å². The number of pyridine rings is 1.